The fourth-order valence-electron chi connectivity index (χ4n) is 2.43. The highest BCUT2D eigenvalue weighted by Crippen LogP contribution is 2.25. The molecule has 1 rings (SSSR count). The predicted molar refractivity (Wildman–Crippen MR) is 99.5 cm³/mol. The number of carbonyl (C=O) groups excluding carboxylic acids is 1. The Labute approximate surface area is 155 Å². The molecule has 1 atom stereocenters. The summed E-state index contributed by atoms with van der Waals surface area (Å²) in [5, 5.41) is 12.0. The third kappa shape index (κ3) is 5.28. The molecule has 146 valence electrons. The van der Waals surface area contributed by atoms with Crippen LogP contribution in [0.2, 0.25) is 0 Å². The number of benzene rings is 1. The molecule has 0 spiro atoms. The molecule has 0 heterocycles. The van der Waals surface area contributed by atoms with Gasteiger partial charge in [0.25, 0.3) is 5.91 Å². The van der Waals surface area contributed by atoms with Crippen molar-refractivity contribution in [3.63, 3.8) is 0 Å². The third-order valence-corrected chi connectivity index (χ3v) is 6.40. The van der Waals surface area contributed by atoms with Gasteiger partial charge in [0.2, 0.25) is 10.0 Å². The minimum absolute atomic E-state index is 0.0176. The highest BCUT2D eigenvalue weighted by molar-refractivity contribution is 7.89. The molecule has 0 bridgehead atoms. The summed E-state index contributed by atoms with van der Waals surface area (Å²) >= 11 is 0. The van der Waals surface area contributed by atoms with Crippen LogP contribution in [0.25, 0.3) is 0 Å². The monoisotopic (exact) mass is 384 g/mol. The molecule has 0 aliphatic heterocycles. The number of hydrogen-bond donors (Lipinski definition) is 3. The summed E-state index contributed by atoms with van der Waals surface area (Å²) in [4.78, 5) is 23.8. The average Bonchev–Trinajstić information content (AvgIpc) is 2.62. The number of amides is 1. The number of carboxylic acid groups (broad SMARTS) is 1. The summed E-state index contributed by atoms with van der Waals surface area (Å²) in [6.07, 6.45) is 1.47. The first kappa shape index (κ1) is 22.1. The topological polar surface area (TPSA) is 113 Å². The number of carboxylic acids is 1. The number of hydrogen-bond acceptors (Lipinski definition) is 4. The Kier molecular flexibility index (Phi) is 7.77. The standard InChI is InChI=1S/C18H28N2O5S/c1-5-13(4)20-26(24,25)15-10-8-14(9-11-15)16(21)19-12-18(6-2,7-3)17(22)23/h8-11,13,20H,5-7,12H2,1-4H3,(H,19,21)(H,22,23). The molecule has 0 saturated heterocycles. The highest BCUT2D eigenvalue weighted by atomic mass is 32.2. The van der Waals surface area contributed by atoms with Gasteiger partial charge in [0.15, 0.2) is 0 Å². The maximum atomic E-state index is 12.3. The van der Waals surface area contributed by atoms with E-state index < -0.39 is 27.3 Å². The Hall–Kier alpha value is -1.93. The highest BCUT2D eigenvalue weighted by Gasteiger charge is 2.35. The lowest BCUT2D eigenvalue weighted by Gasteiger charge is -2.26. The van der Waals surface area contributed by atoms with Crippen LogP contribution < -0.4 is 10.0 Å². The van der Waals surface area contributed by atoms with Crippen molar-refractivity contribution < 1.29 is 23.1 Å². The normalized spacial score (nSPS) is 13.2. The zero-order valence-corrected chi connectivity index (χ0v) is 16.5. The van der Waals surface area contributed by atoms with E-state index in [9.17, 15) is 23.1 Å². The van der Waals surface area contributed by atoms with Gasteiger partial charge in [-0.2, -0.15) is 0 Å². The van der Waals surface area contributed by atoms with E-state index in [2.05, 4.69) is 10.0 Å². The second kappa shape index (κ2) is 9.14. The van der Waals surface area contributed by atoms with Crippen molar-refractivity contribution in [3.05, 3.63) is 29.8 Å². The van der Waals surface area contributed by atoms with Crippen molar-refractivity contribution in [2.45, 2.75) is 57.9 Å². The summed E-state index contributed by atoms with van der Waals surface area (Å²) in [6.45, 7) is 7.21. The first-order chi connectivity index (χ1) is 12.1. The van der Waals surface area contributed by atoms with Crippen molar-refractivity contribution in [3.8, 4) is 0 Å². The van der Waals surface area contributed by atoms with Crippen LogP contribution >= 0.6 is 0 Å². The molecule has 7 nitrogen and oxygen atoms in total. The lowest BCUT2D eigenvalue weighted by molar-refractivity contribution is -0.149. The van der Waals surface area contributed by atoms with Crippen LogP contribution in [0.4, 0.5) is 0 Å². The predicted octanol–water partition coefficient (Wildman–Crippen LogP) is 2.38. The van der Waals surface area contributed by atoms with E-state index >= 15 is 0 Å². The Morgan fingerprint density at radius 1 is 1.12 bits per heavy atom. The molecule has 0 radical (unpaired) electrons. The van der Waals surface area contributed by atoms with Gasteiger partial charge in [0.05, 0.1) is 10.3 Å². The number of nitrogens with one attached hydrogen (secondary N) is 2. The Bertz CT molecular complexity index is 724. The van der Waals surface area contributed by atoms with Crippen LogP contribution in [0.3, 0.4) is 0 Å². The molecule has 26 heavy (non-hydrogen) atoms. The summed E-state index contributed by atoms with van der Waals surface area (Å²) in [7, 11) is -3.63. The molecule has 0 saturated carbocycles. The molecule has 8 heteroatoms. The van der Waals surface area contributed by atoms with Crippen LogP contribution in [-0.4, -0.2) is 38.0 Å². The zero-order valence-electron chi connectivity index (χ0n) is 15.7. The molecule has 0 fully saturated rings. The molecule has 1 aromatic carbocycles. The molecule has 0 aliphatic rings. The Morgan fingerprint density at radius 2 is 1.65 bits per heavy atom. The van der Waals surface area contributed by atoms with Gasteiger partial charge >= 0.3 is 5.97 Å². The second-order valence-electron chi connectivity index (χ2n) is 6.43. The van der Waals surface area contributed by atoms with Gasteiger partial charge in [-0.15, -0.1) is 0 Å². The summed E-state index contributed by atoms with van der Waals surface area (Å²) in [5.41, 5.74) is -0.724. The lowest BCUT2D eigenvalue weighted by atomic mass is 9.82. The van der Waals surface area contributed by atoms with Crippen LogP contribution in [-0.2, 0) is 14.8 Å². The first-order valence-corrected chi connectivity index (χ1v) is 10.2. The van der Waals surface area contributed by atoms with Gasteiger partial charge < -0.3 is 10.4 Å². The molecular weight excluding hydrogens is 356 g/mol. The van der Waals surface area contributed by atoms with Crippen LogP contribution in [0.15, 0.2) is 29.2 Å². The molecule has 1 amide bonds. The van der Waals surface area contributed by atoms with Crippen molar-refractivity contribution >= 4 is 21.9 Å². The minimum atomic E-state index is -3.63. The van der Waals surface area contributed by atoms with E-state index in [1.54, 1.807) is 20.8 Å². The summed E-state index contributed by atoms with van der Waals surface area (Å²) in [6, 6.07) is 5.38. The van der Waals surface area contributed by atoms with Crippen LogP contribution in [0.5, 0.6) is 0 Å². The molecular formula is C18H28N2O5S. The van der Waals surface area contributed by atoms with Crippen LogP contribution in [0, 0.1) is 5.41 Å². The molecule has 0 aliphatic carbocycles. The molecule has 3 N–H and O–H groups in total. The summed E-state index contributed by atoms with van der Waals surface area (Å²) in [5.74, 6) is -1.38. The van der Waals surface area contributed by atoms with Crippen molar-refractivity contribution in [1.82, 2.24) is 10.0 Å². The van der Waals surface area contributed by atoms with E-state index in [1.165, 1.54) is 24.3 Å². The first-order valence-electron chi connectivity index (χ1n) is 8.75. The van der Waals surface area contributed by atoms with E-state index in [1.807, 2.05) is 6.92 Å². The average molecular weight is 384 g/mol. The van der Waals surface area contributed by atoms with Crippen molar-refractivity contribution in [2.75, 3.05) is 6.54 Å². The largest absolute Gasteiger partial charge is 0.481 e. The SMILES string of the molecule is CCC(C)NS(=O)(=O)c1ccc(C(=O)NCC(CC)(CC)C(=O)O)cc1. The van der Waals surface area contributed by atoms with Crippen molar-refractivity contribution in [2.24, 2.45) is 5.41 Å². The van der Waals surface area contributed by atoms with Gasteiger partial charge in [-0.05, 0) is 50.5 Å². The fourth-order valence-corrected chi connectivity index (χ4v) is 3.76. The van der Waals surface area contributed by atoms with Gasteiger partial charge in [-0.3, -0.25) is 9.59 Å². The van der Waals surface area contributed by atoms with Gasteiger partial charge in [-0.25, -0.2) is 13.1 Å². The molecule has 1 unspecified atom stereocenters. The van der Waals surface area contributed by atoms with E-state index in [-0.39, 0.29) is 23.0 Å². The summed E-state index contributed by atoms with van der Waals surface area (Å²) < 4.78 is 27.0. The quantitative estimate of drug-likeness (QED) is 0.573. The second-order valence-corrected chi connectivity index (χ2v) is 8.14. The maximum absolute atomic E-state index is 12.3. The smallest absolute Gasteiger partial charge is 0.311 e. The minimum Gasteiger partial charge on any atom is -0.481 e. The number of sulfonamides is 1. The Balaban J connectivity index is 2.86. The number of rotatable bonds is 10. The molecule has 1 aromatic rings. The van der Waals surface area contributed by atoms with E-state index in [0.29, 0.717) is 19.3 Å². The number of carbonyl (C=O) groups is 2. The zero-order chi connectivity index (χ0) is 20.0. The van der Waals surface area contributed by atoms with Crippen molar-refractivity contribution in [1.29, 1.82) is 0 Å². The van der Waals surface area contributed by atoms with Gasteiger partial charge in [0, 0.05) is 18.2 Å². The van der Waals surface area contributed by atoms with E-state index in [0.717, 1.165) is 0 Å². The maximum Gasteiger partial charge on any atom is 0.311 e. The van der Waals surface area contributed by atoms with Gasteiger partial charge in [-0.1, -0.05) is 20.8 Å². The Morgan fingerprint density at radius 3 is 2.08 bits per heavy atom. The number of aliphatic carboxylic acids is 1. The lowest BCUT2D eigenvalue weighted by Crippen LogP contribution is -2.42. The van der Waals surface area contributed by atoms with E-state index in [4.69, 9.17) is 0 Å². The van der Waals surface area contributed by atoms with Crippen LogP contribution in [0.1, 0.15) is 57.3 Å². The third-order valence-electron chi connectivity index (χ3n) is 4.79. The molecule has 0 aromatic heterocycles. The fraction of sp³-hybridized carbons (Fsp3) is 0.556. The van der Waals surface area contributed by atoms with Gasteiger partial charge in [0.1, 0.15) is 0 Å².